The Balaban J connectivity index is 1.71. The molecule has 2 aliphatic rings. The summed E-state index contributed by atoms with van der Waals surface area (Å²) in [5.74, 6) is -0.446. The molecule has 1 aromatic carbocycles. The van der Waals surface area contributed by atoms with Crippen LogP contribution in [0.25, 0.3) is 0 Å². The molecular formula is C15H20FNO3. The van der Waals surface area contributed by atoms with Crippen LogP contribution in [0.1, 0.15) is 18.4 Å². The first-order valence-corrected chi connectivity index (χ1v) is 7.04. The van der Waals surface area contributed by atoms with E-state index < -0.39 is 5.79 Å². The van der Waals surface area contributed by atoms with Gasteiger partial charge in [-0.15, -0.1) is 0 Å². The average molecular weight is 281 g/mol. The van der Waals surface area contributed by atoms with E-state index >= 15 is 0 Å². The van der Waals surface area contributed by atoms with E-state index in [-0.39, 0.29) is 5.82 Å². The number of hydrogen-bond donors (Lipinski definition) is 0. The first kappa shape index (κ1) is 13.8. The van der Waals surface area contributed by atoms with Crippen molar-refractivity contribution in [1.82, 2.24) is 4.90 Å². The number of ether oxygens (including phenoxy) is 3. The Morgan fingerprint density at radius 3 is 2.90 bits per heavy atom. The maximum Gasteiger partial charge on any atom is 0.181 e. The first-order chi connectivity index (χ1) is 9.72. The molecule has 0 atom stereocenters. The molecule has 2 fully saturated rings. The largest absolute Gasteiger partial charge is 0.494 e. The Hall–Kier alpha value is -1.17. The predicted octanol–water partition coefficient (Wildman–Crippen LogP) is 2.17. The highest BCUT2D eigenvalue weighted by Gasteiger charge is 2.40. The van der Waals surface area contributed by atoms with Crippen LogP contribution in [-0.4, -0.2) is 44.1 Å². The zero-order chi connectivity index (χ0) is 14.0. The second-order valence-electron chi connectivity index (χ2n) is 5.36. The van der Waals surface area contributed by atoms with Gasteiger partial charge in [0, 0.05) is 18.5 Å². The van der Waals surface area contributed by atoms with Gasteiger partial charge in [0.05, 0.1) is 26.9 Å². The fraction of sp³-hybridized carbons (Fsp3) is 0.600. The SMILES string of the molecule is COc1cccc(CN2CCCC3(C2)OCCO3)c1F. The van der Waals surface area contributed by atoms with Crippen molar-refractivity contribution in [1.29, 1.82) is 0 Å². The Kier molecular flexibility index (Phi) is 3.92. The highest BCUT2D eigenvalue weighted by molar-refractivity contribution is 5.31. The minimum absolute atomic E-state index is 0.275. The fourth-order valence-electron chi connectivity index (χ4n) is 3.02. The molecule has 3 rings (SSSR count). The third-order valence-electron chi connectivity index (χ3n) is 3.97. The third-order valence-corrected chi connectivity index (χ3v) is 3.97. The van der Waals surface area contributed by atoms with Gasteiger partial charge in [-0.25, -0.2) is 4.39 Å². The standard InChI is InChI=1S/C15H20FNO3/c1-18-13-5-2-4-12(14(13)16)10-17-7-3-6-15(11-17)19-8-9-20-15/h2,4-5H,3,6-11H2,1H3. The Bertz CT molecular complexity index is 474. The van der Waals surface area contributed by atoms with Crippen molar-refractivity contribution < 1.29 is 18.6 Å². The summed E-state index contributed by atoms with van der Waals surface area (Å²) in [5, 5.41) is 0. The summed E-state index contributed by atoms with van der Waals surface area (Å²) in [6, 6.07) is 5.26. The Morgan fingerprint density at radius 2 is 2.15 bits per heavy atom. The maximum absolute atomic E-state index is 14.2. The predicted molar refractivity (Wildman–Crippen MR) is 72.1 cm³/mol. The summed E-state index contributed by atoms with van der Waals surface area (Å²) in [6.45, 7) is 3.50. The van der Waals surface area contributed by atoms with Crippen LogP contribution >= 0.6 is 0 Å². The molecular weight excluding hydrogens is 261 g/mol. The molecule has 0 N–H and O–H groups in total. The van der Waals surface area contributed by atoms with E-state index in [0.29, 0.717) is 37.6 Å². The lowest BCUT2D eigenvalue weighted by atomic mass is 10.0. The van der Waals surface area contributed by atoms with Crippen LogP contribution in [0.4, 0.5) is 4.39 Å². The van der Waals surface area contributed by atoms with Crippen molar-refractivity contribution in [3.8, 4) is 5.75 Å². The number of halogens is 1. The number of nitrogens with zero attached hydrogens (tertiary/aromatic N) is 1. The number of likely N-dealkylation sites (tertiary alicyclic amines) is 1. The summed E-state index contributed by atoms with van der Waals surface area (Å²) < 4.78 is 30.7. The van der Waals surface area contributed by atoms with Crippen LogP contribution < -0.4 is 4.74 Å². The second kappa shape index (κ2) is 5.68. The lowest BCUT2D eigenvalue weighted by molar-refractivity contribution is -0.190. The maximum atomic E-state index is 14.2. The molecule has 4 nitrogen and oxygen atoms in total. The molecule has 0 aliphatic carbocycles. The quantitative estimate of drug-likeness (QED) is 0.849. The topological polar surface area (TPSA) is 30.9 Å². The van der Waals surface area contributed by atoms with Crippen molar-refractivity contribution in [2.24, 2.45) is 0 Å². The Labute approximate surface area is 118 Å². The number of benzene rings is 1. The number of piperidine rings is 1. The first-order valence-electron chi connectivity index (χ1n) is 7.04. The molecule has 20 heavy (non-hydrogen) atoms. The van der Waals surface area contributed by atoms with Crippen molar-refractivity contribution in [2.75, 3.05) is 33.4 Å². The van der Waals surface area contributed by atoms with Crippen molar-refractivity contribution in [3.63, 3.8) is 0 Å². The van der Waals surface area contributed by atoms with Crippen LogP contribution in [0, 0.1) is 5.82 Å². The van der Waals surface area contributed by atoms with Gasteiger partial charge in [-0.2, -0.15) is 0 Å². The van der Waals surface area contributed by atoms with Gasteiger partial charge in [-0.3, -0.25) is 4.90 Å². The molecule has 0 aromatic heterocycles. The van der Waals surface area contributed by atoms with Crippen LogP contribution in [-0.2, 0) is 16.0 Å². The van der Waals surface area contributed by atoms with Gasteiger partial charge in [0.2, 0.25) is 0 Å². The smallest absolute Gasteiger partial charge is 0.181 e. The molecule has 110 valence electrons. The summed E-state index contributed by atoms with van der Waals surface area (Å²) in [7, 11) is 1.48. The normalized spacial score (nSPS) is 22.3. The lowest BCUT2D eigenvalue weighted by Crippen LogP contribution is -2.48. The van der Waals surface area contributed by atoms with E-state index in [1.165, 1.54) is 7.11 Å². The molecule has 0 bridgehead atoms. The number of rotatable bonds is 3. The van der Waals surface area contributed by atoms with Gasteiger partial charge in [-0.05, 0) is 19.0 Å². The van der Waals surface area contributed by atoms with Crippen LogP contribution in [0.5, 0.6) is 5.75 Å². The summed E-state index contributed by atoms with van der Waals surface area (Å²) in [6.07, 6.45) is 1.93. The average Bonchev–Trinajstić information content (AvgIpc) is 2.89. The monoisotopic (exact) mass is 281 g/mol. The highest BCUT2D eigenvalue weighted by atomic mass is 19.1. The van der Waals surface area contributed by atoms with Gasteiger partial charge in [0.25, 0.3) is 0 Å². The van der Waals surface area contributed by atoms with Gasteiger partial charge < -0.3 is 14.2 Å². The molecule has 0 saturated carbocycles. The number of hydrogen-bond acceptors (Lipinski definition) is 4. The molecule has 2 aliphatic heterocycles. The third kappa shape index (κ3) is 2.66. The molecule has 0 amide bonds. The van der Waals surface area contributed by atoms with Crippen molar-refractivity contribution in [2.45, 2.75) is 25.2 Å². The van der Waals surface area contributed by atoms with Crippen molar-refractivity contribution in [3.05, 3.63) is 29.6 Å². The number of methoxy groups -OCH3 is 1. The molecule has 1 aromatic rings. The van der Waals surface area contributed by atoms with Crippen LogP contribution in [0.15, 0.2) is 18.2 Å². The summed E-state index contributed by atoms with van der Waals surface area (Å²) in [5.41, 5.74) is 0.652. The molecule has 0 unspecified atom stereocenters. The molecule has 5 heteroatoms. The fourth-order valence-corrected chi connectivity index (χ4v) is 3.02. The molecule has 2 saturated heterocycles. The zero-order valence-corrected chi connectivity index (χ0v) is 11.7. The molecule has 1 spiro atoms. The highest BCUT2D eigenvalue weighted by Crippen LogP contribution is 2.31. The minimum atomic E-state index is -0.465. The van der Waals surface area contributed by atoms with Crippen LogP contribution in [0.2, 0.25) is 0 Å². The van der Waals surface area contributed by atoms with E-state index in [9.17, 15) is 4.39 Å². The van der Waals surface area contributed by atoms with Gasteiger partial charge in [0.1, 0.15) is 0 Å². The van der Waals surface area contributed by atoms with Crippen LogP contribution in [0.3, 0.4) is 0 Å². The van der Waals surface area contributed by atoms with Gasteiger partial charge >= 0.3 is 0 Å². The summed E-state index contributed by atoms with van der Waals surface area (Å²) >= 11 is 0. The molecule has 2 heterocycles. The van der Waals surface area contributed by atoms with E-state index in [4.69, 9.17) is 14.2 Å². The van der Waals surface area contributed by atoms with E-state index in [0.717, 1.165) is 19.4 Å². The van der Waals surface area contributed by atoms with E-state index in [1.54, 1.807) is 12.1 Å². The molecule has 0 radical (unpaired) electrons. The lowest BCUT2D eigenvalue weighted by Gasteiger charge is -2.38. The van der Waals surface area contributed by atoms with Gasteiger partial charge in [0.15, 0.2) is 17.4 Å². The van der Waals surface area contributed by atoms with E-state index in [1.807, 2.05) is 6.07 Å². The minimum Gasteiger partial charge on any atom is -0.494 e. The summed E-state index contributed by atoms with van der Waals surface area (Å²) in [4.78, 5) is 2.19. The van der Waals surface area contributed by atoms with Crippen molar-refractivity contribution >= 4 is 0 Å². The Morgan fingerprint density at radius 1 is 1.35 bits per heavy atom. The zero-order valence-electron chi connectivity index (χ0n) is 11.7. The van der Waals surface area contributed by atoms with Gasteiger partial charge in [-0.1, -0.05) is 12.1 Å². The second-order valence-corrected chi connectivity index (χ2v) is 5.36. The van der Waals surface area contributed by atoms with E-state index in [2.05, 4.69) is 4.90 Å².